The van der Waals surface area contributed by atoms with Crippen molar-refractivity contribution in [2.45, 2.75) is 13.0 Å². The topological polar surface area (TPSA) is 46.1 Å². The normalized spacial score (nSPS) is 11.0. The third-order valence-electron chi connectivity index (χ3n) is 3.91. The zero-order chi connectivity index (χ0) is 18.8. The van der Waals surface area contributed by atoms with Crippen LogP contribution in [0.4, 0.5) is 9.52 Å². The van der Waals surface area contributed by atoms with Crippen molar-refractivity contribution in [2.75, 3.05) is 4.90 Å². The van der Waals surface area contributed by atoms with E-state index in [2.05, 4.69) is 9.97 Å². The number of amides is 1. The highest BCUT2D eigenvalue weighted by Gasteiger charge is 2.22. The van der Waals surface area contributed by atoms with Gasteiger partial charge in [0.05, 0.1) is 22.0 Å². The molecule has 4 aromatic rings. The number of pyridine rings is 1. The molecule has 4 rings (SSSR count). The van der Waals surface area contributed by atoms with Crippen molar-refractivity contribution >= 4 is 55.5 Å². The lowest BCUT2D eigenvalue weighted by atomic mass is 10.2. The highest BCUT2D eigenvalue weighted by atomic mass is 35.5. The largest absolute Gasteiger partial charge is 0.283 e. The van der Waals surface area contributed by atoms with Crippen LogP contribution in [0.15, 0.2) is 54.9 Å². The van der Waals surface area contributed by atoms with Gasteiger partial charge in [-0.25, -0.2) is 9.37 Å². The zero-order valence-corrected chi connectivity index (χ0v) is 16.3. The highest BCUT2D eigenvalue weighted by Crippen LogP contribution is 2.32. The van der Waals surface area contributed by atoms with Crippen LogP contribution in [0.2, 0.25) is 4.34 Å². The number of fused-ring (bicyclic) bond motifs is 1. The maximum Gasteiger partial charge on any atom is 0.234 e. The van der Waals surface area contributed by atoms with E-state index in [1.807, 2.05) is 18.2 Å². The second kappa shape index (κ2) is 7.72. The van der Waals surface area contributed by atoms with Gasteiger partial charge in [-0.3, -0.25) is 14.7 Å². The summed E-state index contributed by atoms with van der Waals surface area (Å²) in [6.07, 6.45) is 3.59. The minimum Gasteiger partial charge on any atom is -0.283 e. The van der Waals surface area contributed by atoms with E-state index in [4.69, 9.17) is 11.6 Å². The summed E-state index contributed by atoms with van der Waals surface area (Å²) in [5.41, 5.74) is 1.15. The molecule has 0 saturated carbocycles. The van der Waals surface area contributed by atoms with E-state index in [1.165, 1.54) is 28.7 Å². The minimum absolute atomic E-state index is 0.128. The summed E-state index contributed by atoms with van der Waals surface area (Å²) in [6.45, 7) is 0.313. The van der Waals surface area contributed by atoms with Crippen LogP contribution < -0.4 is 4.90 Å². The number of hydrogen-bond acceptors (Lipinski definition) is 5. The molecule has 136 valence electrons. The second-order valence-electron chi connectivity index (χ2n) is 5.81. The van der Waals surface area contributed by atoms with Crippen LogP contribution in [0.5, 0.6) is 0 Å². The summed E-state index contributed by atoms with van der Waals surface area (Å²) >= 11 is 8.64. The Morgan fingerprint density at radius 1 is 1.15 bits per heavy atom. The van der Waals surface area contributed by atoms with E-state index < -0.39 is 5.82 Å². The van der Waals surface area contributed by atoms with Crippen LogP contribution in [0.3, 0.4) is 0 Å². The molecule has 0 aliphatic carbocycles. The third-order valence-corrected chi connectivity index (χ3v) is 6.18. The van der Waals surface area contributed by atoms with Gasteiger partial charge in [0.15, 0.2) is 5.13 Å². The molecule has 27 heavy (non-hydrogen) atoms. The van der Waals surface area contributed by atoms with E-state index in [0.717, 1.165) is 10.4 Å². The monoisotopic (exact) mass is 417 g/mol. The maximum absolute atomic E-state index is 14.1. The molecule has 0 bridgehead atoms. The standard InChI is InChI=1S/C19H13ClFN3OS2/c20-16-7-6-13(26-16)9-17(25)24(11-12-3-2-8-22-10-12)19-23-18-14(21)4-1-5-15(18)27-19/h1-8,10H,9,11H2. The van der Waals surface area contributed by atoms with E-state index >= 15 is 0 Å². The quantitative estimate of drug-likeness (QED) is 0.441. The van der Waals surface area contributed by atoms with Crippen molar-refractivity contribution in [3.8, 4) is 0 Å². The van der Waals surface area contributed by atoms with Crippen LogP contribution >= 0.6 is 34.3 Å². The van der Waals surface area contributed by atoms with E-state index in [9.17, 15) is 9.18 Å². The molecule has 0 aliphatic rings. The number of carbonyl (C=O) groups is 1. The molecule has 0 radical (unpaired) electrons. The molecular weight excluding hydrogens is 405 g/mol. The van der Waals surface area contributed by atoms with Crippen molar-refractivity contribution in [1.29, 1.82) is 0 Å². The predicted octanol–water partition coefficient (Wildman–Crippen LogP) is 5.32. The Labute approximate surface area is 167 Å². The average molecular weight is 418 g/mol. The summed E-state index contributed by atoms with van der Waals surface area (Å²) in [5, 5.41) is 0.464. The second-order valence-corrected chi connectivity index (χ2v) is 8.62. The van der Waals surface area contributed by atoms with Gasteiger partial charge in [-0.2, -0.15) is 0 Å². The first kappa shape index (κ1) is 18.0. The molecule has 0 atom stereocenters. The lowest BCUT2D eigenvalue weighted by Gasteiger charge is -2.19. The van der Waals surface area contributed by atoms with Crippen LogP contribution in [0.1, 0.15) is 10.4 Å². The number of thiazole rings is 1. The van der Waals surface area contributed by atoms with Gasteiger partial charge in [-0.1, -0.05) is 35.1 Å². The average Bonchev–Trinajstić information content (AvgIpc) is 3.27. The number of halogens is 2. The number of rotatable bonds is 5. The highest BCUT2D eigenvalue weighted by molar-refractivity contribution is 7.22. The zero-order valence-electron chi connectivity index (χ0n) is 13.9. The van der Waals surface area contributed by atoms with Gasteiger partial charge in [0, 0.05) is 17.3 Å². The first-order valence-electron chi connectivity index (χ1n) is 8.09. The number of hydrogen-bond donors (Lipinski definition) is 0. The molecule has 8 heteroatoms. The van der Waals surface area contributed by atoms with Gasteiger partial charge in [0.2, 0.25) is 5.91 Å². The Balaban J connectivity index is 1.70. The van der Waals surface area contributed by atoms with Crippen molar-refractivity contribution in [3.63, 3.8) is 0 Å². The number of para-hydroxylation sites is 1. The summed E-state index contributed by atoms with van der Waals surface area (Å²) in [5.74, 6) is -0.523. The van der Waals surface area contributed by atoms with Gasteiger partial charge in [0.1, 0.15) is 11.3 Å². The van der Waals surface area contributed by atoms with Crippen molar-refractivity contribution in [1.82, 2.24) is 9.97 Å². The van der Waals surface area contributed by atoms with Crippen LogP contribution in [0, 0.1) is 5.82 Å². The van der Waals surface area contributed by atoms with E-state index in [1.54, 1.807) is 35.5 Å². The number of benzene rings is 1. The molecule has 1 amide bonds. The molecule has 0 unspecified atom stereocenters. The molecule has 0 N–H and O–H groups in total. The van der Waals surface area contributed by atoms with E-state index in [-0.39, 0.29) is 17.8 Å². The molecule has 1 aromatic carbocycles. The van der Waals surface area contributed by atoms with Gasteiger partial charge in [0.25, 0.3) is 0 Å². The summed E-state index contributed by atoms with van der Waals surface area (Å²) < 4.78 is 15.4. The maximum atomic E-state index is 14.1. The predicted molar refractivity (Wildman–Crippen MR) is 108 cm³/mol. The Morgan fingerprint density at radius 3 is 2.74 bits per heavy atom. The number of anilines is 1. The molecular formula is C19H13ClFN3OS2. The molecule has 3 aromatic heterocycles. The molecule has 0 saturated heterocycles. The Morgan fingerprint density at radius 2 is 2.04 bits per heavy atom. The van der Waals surface area contributed by atoms with Gasteiger partial charge >= 0.3 is 0 Å². The molecule has 3 heterocycles. The van der Waals surface area contributed by atoms with Crippen molar-refractivity contribution < 1.29 is 9.18 Å². The SMILES string of the molecule is O=C(Cc1ccc(Cl)s1)N(Cc1cccnc1)c1nc2c(F)cccc2s1. The molecule has 0 aliphatic heterocycles. The van der Waals surface area contributed by atoms with Crippen molar-refractivity contribution in [2.24, 2.45) is 0 Å². The Bertz CT molecular complexity index is 1100. The van der Waals surface area contributed by atoms with Crippen LogP contribution in [-0.4, -0.2) is 15.9 Å². The number of thiophene rings is 1. The third kappa shape index (κ3) is 4.00. The first-order chi connectivity index (χ1) is 13.1. The number of carbonyl (C=O) groups excluding carboxylic acids is 1. The van der Waals surface area contributed by atoms with Crippen LogP contribution in [-0.2, 0) is 17.8 Å². The minimum atomic E-state index is -0.395. The fraction of sp³-hybridized carbons (Fsp3) is 0.105. The lowest BCUT2D eigenvalue weighted by molar-refractivity contribution is -0.118. The molecule has 0 spiro atoms. The molecule has 0 fully saturated rings. The van der Waals surface area contributed by atoms with Crippen molar-refractivity contribution in [3.05, 3.63) is 75.5 Å². The molecule has 4 nitrogen and oxygen atoms in total. The first-order valence-corrected chi connectivity index (χ1v) is 10.1. The summed E-state index contributed by atoms with van der Waals surface area (Å²) in [4.78, 5) is 24.0. The fourth-order valence-corrected chi connectivity index (χ4v) is 4.72. The fourth-order valence-electron chi connectivity index (χ4n) is 2.65. The smallest absolute Gasteiger partial charge is 0.234 e. The van der Waals surface area contributed by atoms with E-state index in [0.29, 0.717) is 20.7 Å². The van der Waals surface area contributed by atoms with Gasteiger partial charge in [-0.15, -0.1) is 11.3 Å². The van der Waals surface area contributed by atoms with Gasteiger partial charge < -0.3 is 0 Å². The Kier molecular flexibility index (Phi) is 5.15. The lowest BCUT2D eigenvalue weighted by Crippen LogP contribution is -2.31. The summed E-state index contributed by atoms with van der Waals surface area (Å²) in [7, 11) is 0. The summed E-state index contributed by atoms with van der Waals surface area (Å²) in [6, 6.07) is 12.1. The number of nitrogens with zero attached hydrogens (tertiary/aromatic N) is 3. The Hall–Kier alpha value is -2.35. The van der Waals surface area contributed by atoms with Gasteiger partial charge in [-0.05, 0) is 35.9 Å². The number of aromatic nitrogens is 2. The van der Waals surface area contributed by atoms with Crippen LogP contribution in [0.25, 0.3) is 10.2 Å².